The van der Waals surface area contributed by atoms with Gasteiger partial charge in [-0.1, -0.05) is 31.4 Å². The molecule has 38 heavy (non-hydrogen) atoms. The number of nitrogens with one attached hydrogen (secondary N) is 1. The van der Waals surface area contributed by atoms with Gasteiger partial charge in [0, 0.05) is 33.6 Å². The number of nitrogens with zero attached hydrogens (tertiary/aromatic N) is 2. The summed E-state index contributed by atoms with van der Waals surface area (Å²) in [6, 6.07) is 9.14. The zero-order chi connectivity index (χ0) is 27.5. The van der Waals surface area contributed by atoms with Crippen LogP contribution >= 0.6 is 0 Å². The number of piperidine rings is 1. The first-order chi connectivity index (χ1) is 18.0. The fourth-order valence-electron chi connectivity index (χ4n) is 5.86. The van der Waals surface area contributed by atoms with Crippen molar-refractivity contribution in [1.29, 1.82) is 0 Å². The lowest BCUT2D eigenvalue weighted by Gasteiger charge is -2.37. The van der Waals surface area contributed by atoms with E-state index in [-0.39, 0.29) is 23.8 Å². The zero-order valence-electron chi connectivity index (χ0n) is 21.9. The number of likely N-dealkylation sites (N-methyl/N-ethyl adjacent to an activating group) is 1. The number of quaternary nitrogens is 1. The average Bonchev–Trinajstić information content (AvgIpc) is 2.88. The first kappa shape index (κ1) is 28.2. The van der Waals surface area contributed by atoms with Crippen molar-refractivity contribution in [1.82, 2.24) is 4.90 Å². The molecule has 2 aromatic rings. The summed E-state index contributed by atoms with van der Waals surface area (Å²) in [6.45, 7) is 2.49. The molecule has 10 nitrogen and oxygen atoms in total. The smallest absolute Gasteiger partial charge is 0.279 e. The molecule has 3 aliphatic rings. The zero-order valence-corrected chi connectivity index (χ0v) is 22.7. The van der Waals surface area contributed by atoms with Crippen molar-refractivity contribution in [2.75, 3.05) is 39.1 Å². The van der Waals surface area contributed by atoms with Gasteiger partial charge in [0.2, 0.25) is 10.4 Å². The minimum atomic E-state index is -4.41. The lowest BCUT2D eigenvalue weighted by molar-refractivity contribution is -0.906. The van der Waals surface area contributed by atoms with Crippen molar-refractivity contribution in [3.8, 4) is 0 Å². The van der Waals surface area contributed by atoms with E-state index in [1.165, 1.54) is 17.7 Å². The molecule has 1 aliphatic carbocycles. The fourth-order valence-corrected chi connectivity index (χ4v) is 5.86. The number of likely N-dealkylation sites (tertiary alicyclic amines) is 1. The first-order valence-electron chi connectivity index (χ1n) is 13.1. The Kier molecular flexibility index (Phi) is 8.51. The predicted molar refractivity (Wildman–Crippen MR) is 141 cm³/mol. The van der Waals surface area contributed by atoms with Gasteiger partial charge in [0.1, 0.15) is 0 Å². The first-order valence-corrected chi connectivity index (χ1v) is 14.4. The molecule has 2 aromatic carbocycles. The Balaban J connectivity index is 0.000000505. The molecular formula is C27H35N3O7S. The number of imide groups is 1. The van der Waals surface area contributed by atoms with Crippen LogP contribution in [0.5, 0.6) is 0 Å². The second kappa shape index (κ2) is 11.5. The van der Waals surface area contributed by atoms with Crippen molar-refractivity contribution in [3.63, 3.8) is 0 Å². The molecule has 0 spiro atoms. The van der Waals surface area contributed by atoms with E-state index in [0.29, 0.717) is 28.7 Å². The van der Waals surface area contributed by atoms with Crippen LogP contribution in [0, 0.1) is 0 Å². The highest BCUT2D eigenvalue weighted by Crippen LogP contribution is 2.37. The van der Waals surface area contributed by atoms with Crippen LogP contribution in [-0.4, -0.2) is 79.9 Å². The normalized spacial score (nSPS) is 19.6. The highest BCUT2D eigenvalue weighted by molar-refractivity contribution is 7.80. The molecule has 0 unspecified atom stereocenters. The average molecular weight is 546 g/mol. The van der Waals surface area contributed by atoms with Crippen LogP contribution in [0.4, 0.5) is 5.69 Å². The van der Waals surface area contributed by atoms with E-state index in [9.17, 15) is 27.4 Å². The number of carbonyl (C=O) groups excluding carboxylic acids is 3. The molecular weight excluding hydrogens is 510 g/mol. The highest BCUT2D eigenvalue weighted by atomic mass is 32.3. The third-order valence-corrected chi connectivity index (χ3v) is 8.19. The van der Waals surface area contributed by atoms with Gasteiger partial charge in [-0.2, -0.15) is 0 Å². The van der Waals surface area contributed by atoms with Crippen molar-refractivity contribution < 1.29 is 36.0 Å². The standard InChI is InChI=1S/C26H31N3O3.CH4O4S/c1-29(15-6-3-7-16-29)17-23(30)27-22-14-13-21-24-19(22)11-8-12-20(24)25(31)28(26(21)32)18-9-4-2-5-10-18;1-5-6(2,3)4/h8,11-14,18H,2-7,9-10,15-17H2,1H3;1H3,(H,2,3,4). The van der Waals surface area contributed by atoms with Gasteiger partial charge in [0.25, 0.3) is 17.7 Å². The van der Waals surface area contributed by atoms with E-state index < -0.39 is 10.4 Å². The van der Waals surface area contributed by atoms with E-state index in [1.54, 1.807) is 6.07 Å². The van der Waals surface area contributed by atoms with Crippen molar-refractivity contribution in [3.05, 3.63) is 41.5 Å². The second-order valence-electron chi connectivity index (χ2n) is 10.6. The maximum atomic E-state index is 13.4. The van der Waals surface area contributed by atoms with Crippen molar-refractivity contribution in [2.45, 2.75) is 57.4 Å². The van der Waals surface area contributed by atoms with Gasteiger partial charge in [-0.05, 0) is 50.3 Å². The second-order valence-corrected chi connectivity index (χ2v) is 11.7. The summed E-state index contributed by atoms with van der Waals surface area (Å²) in [7, 11) is -1.46. The third-order valence-electron chi connectivity index (χ3n) is 7.78. The minimum Gasteiger partial charge on any atom is -0.726 e. The molecule has 0 aromatic heterocycles. The van der Waals surface area contributed by atoms with E-state index >= 15 is 0 Å². The van der Waals surface area contributed by atoms with Gasteiger partial charge in [0.15, 0.2) is 6.54 Å². The van der Waals surface area contributed by atoms with Crippen LogP contribution in [0.2, 0.25) is 0 Å². The Labute approximate surface area is 223 Å². The quantitative estimate of drug-likeness (QED) is 0.263. The molecule has 1 saturated carbocycles. The lowest BCUT2D eigenvalue weighted by atomic mass is 9.88. The third kappa shape index (κ3) is 6.23. The SMILES string of the molecule is COS(=O)(=O)[O-].C[N+]1(CC(=O)Nc2ccc3c4c(cccc24)C(=O)N(C2CCCCC2)C3=O)CCCCC1. The van der Waals surface area contributed by atoms with Crippen LogP contribution in [0.25, 0.3) is 10.8 Å². The minimum absolute atomic E-state index is 0.0134. The largest absolute Gasteiger partial charge is 0.726 e. The molecule has 2 heterocycles. The summed E-state index contributed by atoms with van der Waals surface area (Å²) >= 11 is 0. The van der Waals surface area contributed by atoms with Gasteiger partial charge < -0.3 is 14.4 Å². The van der Waals surface area contributed by atoms with Crippen LogP contribution in [0.3, 0.4) is 0 Å². The molecule has 206 valence electrons. The molecule has 3 amide bonds. The molecule has 0 atom stereocenters. The topological polar surface area (TPSA) is 133 Å². The summed E-state index contributed by atoms with van der Waals surface area (Å²) < 4.78 is 31.8. The maximum absolute atomic E-state index is 13.4. The van der Waals surface area contributed by atoms with Gasteiger partial charge in [0.05, 0.1) is 27.2 Å². The van der Waals surface area contributed by atoms with E-state index in [4.69, 9.17) is 0 Å². The summed E-state index contributed by atoms with van der Waals surface area (Å²) in [6.07, 6.45) is 8.60. The van der Waals surface area contributed by atoms with Crippen LogP contribution < -0.4 is 5.32 Å². The predicted octanol–water partition coefficient (Wildman–Crippen LogP) is 3.43. The maximum Gasteiger partial charge on any atom is 0.279 e. The van der Waals surface area contributed by atoms with Gasteiger partial charge >= 0.3 is 0 Å². The Morgan fingerprint density at radius 2 is 1.58 bits per heavy atom. The molecule has 1 N–H and O–H groups in total. The molecule has 11 heteroatoms. The Bertz CT molecular complexity index is 1310. The summed E-state index contributed by atoms with van der Waals surface area (Å²) in [5.41, 5.74) is 1.80. The fraction of sp³-hybridized carbons (Fsp3) is 0.519. The summed E-state index contributed by atoms with van der Waals surface area (Å²) in [5.74, 6) is -0.419. The van der Waals surface area contributed by atoms with E-state index in [0.717, 1.165) is 68.6 Å². The molecule has 5 rings (SSSR count). The molecule has 0 radical (unpaired) electrons. The number of hydrogen-bond donors (Lipinski definition) is 1. The van der Waals surface area contributed by atoms with Crippen molar-refractivity contribution >= 4 is 44.6 Å². The molecule has 0 bridgehead atoms. The van der Waals surface area contributed by atoms with Gasteiger partial charge in [-0.25, -0.2) is 8.42 Å². The van der Waals surface area contributed by atoms with E-state index in [1.807, 2.05) is 24.3 Å². The monoisotopic (exact) mass is 545 g/mol. The van der Waals surface area contributed by atoms with Gasteiger partial charge in [-0.15, -0.1) is 0 Å². The molecule has 2 fully saturated rings. The number of carbonyl (C=O) groups is 3. The van der Waals surface area contributed by atoms with Crippen molar-refractivity contribution in [2.24, 2.45) is 0 Å². The lowest BCUT2D eigenvalue weighted by Crippen LogP contribution is -2.52. The summed E-state index contributed by atoms with van der Waals surface area (Å²) in [4.78, 5) is 41.1. The van der Waals surface area contributed by atoms with E-state index in [2.05, 4.69) is 16.5 Å². The Morgan fingerprint density at radius 3 is 2.18 bits per heavy atom. The number of benzene rings is 2. The highest BCUT2D eigenvalue weighted by Gasteiger charge is 2.38. The van der Waals surface area contributed by atoms with Crippen LogP contribution in [-0.2, 0) is 19.4 Å². The van der Waals surface area contributed by atoms with Crippen LogP contribution in [0.15, 0.2) is 30.3 Å². The number of rotatable bonds is 5. The number of hydrogen-bond acceptors (Lipinski definition) is 7. The Morgan fingerprint density at radius 1 is 1.00 bits per heavy atom. The van der Waals surface area contributed by atoms with Gasteiger partial charge in [-0.3, -0.25) is 23.5 Å². The summed E-state index contributed by atoms with van der Waals surface area (Å²) in [5, 5.41) is 4.51. The number of amides is 3. The molecule has 1 saturated heterocycles. The molecule has 2 aliphatic heterocycles. The Hall–Kier alpha value is -2.86. The van der Waals surface area contributed by atoms with Crippen LogP contribution in [0.1, 0.15) is 72.1 Å². The number of anilines is 1.